The first kappa shape index (κ1) is 14.7. The summed E-state index contributed by atoms with van der Waals surface area (Å²) in [5.41, 5.74) is 1.86. The molecule has 0 aliphatic carbocycles. The van der Waals surface area contributed by atoms with Crippen LogP contribution in [-0.4, -0.2) is 13.7 Å². The van der Waals surface area contributed by atoms with Gasteiger partial charge in [0.1, 0.15) is 5.75 Å². The lowest BCUT2D eigenvalue weighted by Gasteiger charge is -2.17. The number of nitrogens with one attached hydrogen (secondary N) is 1. The minimum absolute atomic E-state index is 0.0225. The van der Waals surface area contributed by atoms with E-state index in [-0.39, 0.29) is 5.92 Å². The highest BCUT2D eigenvalue weighted by molar-refractivity contribution is 6.31. The number of hydrogen-bond acceptors (Lipinski definition) is 3. The maximum Gasteiger partial charge on any atom is 0.143 e. The van der Waals surface area contributed by atoms with Gasteiger partial charge in [0.15, 0.2) is 0 Å². The second-order valence-corrected chi connectivity index (χ2v) is 5.07. The van der Waals surface area contributed by atoms with E-state index < -0.39 is 0 Å². The van der Waals surface area contributed by atoms with Gasteiger partial charge in [-0.3, -0.25) is 0 Å². The Morgan fingerprint density at radius 3 is 2.61 bits per heavy atom. The molecule has 3 nitrogen and oxygen atoms in total. The average Bonchev–Trinajstić information content (AvgIpc) is 2.33. The molecule has 0 saturated carbocycles. The van der Waals surface area contributed by atoms with Gasteiger partial charge in [0.25, 0.3) is 0 Å². The number of halogens is 1. The van der Waals surface area contributed by atoms with Crippen LogP contribution in [0.25, 0.3) is 0 Å². The van der Waals surface area contributed by atoms with E-state index in [0.717, 1.165) is 11.3 Å². The number of rotatable bonds is 5. The number of hydrogen-bond donors (Lipinski definition) is 1. The van der Waals surface area contributed by atoms with Crippen LogP contribution in [0.4, 0.5) is 5.69 Å². The smallest absolute Gasteiger partial charge is 0.143 e. The van der Waals surface area contributed by atoms with Gasteiger partial charge >= 0.3 is 0 Å². The van der Waals surface area contributed by atoms with Gasteiger partial charge in [0.05, 0.1) is 24.8 Å². The summed E-state index contributed by atoms with van der Waals surface area (Å²) in [6.45, 7) is 6.63. The van der Waals surface area contributed by atoms with Crippen molar-refractivity contribution >= 4 is 17.3 Å². The van der Waals surface area contributed by atoms with Crippen molar-refractivity contribution in [1.82, 2.24) is 0 Å². The van der Waals surface area contributed by atoms with E-state index in [0.29, 0.717) is 23.2 Å². The van der Waals surface area contributed by atoms with E-state index in [1.54, 1.807) is 13.2 Å². The molecule has 1 unspecified atom stereocenters. The SMILES string of the molecule is COc1cc(Cl)c(C)cc1NCC(C#N)C(C)C. The van der Waals surface area contributed by atoms with Gasteiger partial charge in [-0.2, -0.15) is 5.26 Å². The van der Waals surface area contributed by atoms with E-state index in [1.165, 1.54) is 0 Å². The third-order valence-corrected chi connectivity index (χ3v) is 3.37. The van der Waals surface area contributed by atoms with Crippen LogP contribution in [0, 0.1) is 30.1 Å². The lowest BCUT2D eigenvalue weighted by Crippen LogP contribution is -2.18. The lowest BCUT2D eigenvalue weighted by molar-refractivity contribution is 0.415. The van der Waals surface area contributed by atoms with Crippen LogP contribution in [0.15, 0.2) is 12.1 Å². The van der Waals surface area contributed by atoms with Crippen molar-refractivity contribution in [2.75, 3.05) is 19.0 Å². The van der Waals surface area contributed by atoms with E-state index >= 15 is 0 Å². The molecule has 98 valence electrons. The van der Waals surface area contributed by atoms with Crippen molar-refractivity contribution in [3.63, 3.8) is 0 Å². The van der Waals surface area contributed by atoms with Gasteiger partial charge in [-0.15, -0.1) is 0 Å². The lowest BCUT2D eigenvalue weighted by atomic mass is 9.97. The van der Waals surface area contributed by atoms with Gasteiger partial charge in [0, 0.05) is 17.6 Å². The number of methoxy groups -OCH3 is 1. The van der Waals surface area contributed by atoms with Gasteiger partial charge in [-0.1, -0.05) is 25.4 Å². The van der Waals surface area contributed by atoms with Crippen LogP contribution in [0.2, 0.25) is 5.02 Å². The van der Waals surface area contributed by atoms with E-state index in [9.17, 15) is 0 Å². The highest BCUT2D eigenvalue weighted by atomic mass is 35.5. The molecule has 0 heterocycles. The van der Waals surface area contributed by atoms with Crippen molar-refractivity contribution in [2.45, 2.75) is 20.8 Å². The highest BCUT2D eigenvalue weighted by Gasteiger charge is 2.13. The van der Waals surface area contributed by atoms with Crippen LogP contribution in [0.5, 0.6) is 5.75 Å². The highest BCUT2D eigenvalue weighted by Crippen LogP contribution is 2.31. The summed E-state index contributed by atoms with van der Waals surface area (Å²) in [5.74, 6) is 0.999. The molecule has 0 fully saturated rings. The Morgan fingerprint density at radius 2 is 2.11 bits per heavy atom. The van der Waals surface area contributed by atoms with Crippen molar-refractivity contribution in [2.24, 2.45) is 11.8 Å². The predicted octanol–water partition coefficient (Wildman–Crippen LogP) is 3.86. The Balaban J connectivity index is 2.84. The van der Waals surface area contributed by atoms with Gasteiger partial charge in [-0.25, -0.2) is 0 Å². The van der Waals surface area contributed by atoms with Crippen LogP contribution in [0.1, 0.15) is 19.4 Å². The number of anilines is 1. The van der Waals surface area contributed by atoms with Crippen molar-refractivity contribution in [1.29, 1.82) is 5.26 Å². The summed E-state index contributed by atoms with van der Waals surface area (Å²) < 4.78 is 5.28. The molecule has 0 aliphatic rings. The molecule has 0 saturated heterocycles. The zero-order valence-electron chi connectivity index (χ0n) is 11.2. The first-order valence-corrected chi connectivity index (χ1v) is 6.35. The summed E-state index contributed by atoms with van der Waals surface area (Å²) in [7, 11) is 1.61. The zero-order chi connectivity index (χ0) is 13.7. The molecule has 1 atom stereocenters. The van der Waals surface area contributed by atoms with Crippen LogP contribution in [0.3, 0.4) is 0 Å². The van der Waals surface area contributed by atoms with Crippen LogP contribution >= 0.6 is 11.6 Å². The Kier molecular flexibility index (Phi) is 5.30. The summed E-state index contributed by atoms with van der Waals surface area (Å²) in [4.78, 5) is 0. The molecular formula is C14H19ClN2O. The standard InChI is InChI=1S/C14H19ClN2O/c1-9(2)11(7-16)8-17-13-5-10(3)12(15)6-14(13)18-4/h5-6,9,11,17H,8H2,1-4H3. The molecule has 4 heteroatoms. The molecule has 0 spiro atoms. The molecule has 0 aromatic heterocycles. The Bertz CT molecular complexity index is 452. The molecule has 0 radical (unpaired) electrons. The van der Waals surface area contributed by atoms with Gasteiger partial charge in [-0.05, 0) is 24.5 Å². The largest absolute Gasteiger partial charge is 0.495 e. The topological polar surface area (TPSA) is 45.0 Å². The predicted molar refractivity (Wildman–Crippen MR) is 75.2 cm³/mol. The average molecular weight is 267 g/mol. The number of nitriles is 1. The minimum atomic E-state index is -0.0225. The van der Waals surface area contributed by atoms with Crippen LogP contribution in [-0.2, 0) is 0 Å². The maximum absolute atomic E-state index is 9.06. The van der Waals surface area contributed by atoms with Gasteiger partial charge in [0.2, 0.25) is 0 Å². The summed E-state index contributed by atoms with van der Waals surface area (Å²) in [6, 6.07) is 6.03. The molecule has 1 rings (SSSR count). The van der Waals surface area contributed by atoms with E-state index in [1.807, 2.05) is 26.8 Å². The van der Waals surface area contributed by atoms with E-state index in [2.05, 4.69) is 11.4 Å². The zero-order valence-corrected chi connectivity index (χ0v) is 12.0. The molecule has 1 aromatic carbocycles. The molecule has 0 aliphatic heterocycles. The van der Waals surface area contributed by atoms with Crippen molar-refractivity contribution in [3.8, 4) is 11.8 Å². The molecule has 0 bridgehead atoms. The first-order chi connectivity index (χ1) is 8.49. The monoisotopic (exact) mass is 266 g/mol. The van der Waals surface area contributed by atoms with Crippen LogP contribution < -0.4 is 10.1 Å². The summed E-state index contributed by atoms with van der Waals surface area (Å²) in [6.07, 6.45) is 0. The molecular weight excluding hydrogens is 248 g/mol. The third kappa shape index (κ3) is 3.54. The quantitative estimate of drug-likeness (QED) is 0.880. The second-order valence-electron chi connectivity index (χ2n) is 4.66. The second kappa shape index (κ2) is 6.51. The number of aryl methyl sites for hydroxylation is 1. The Morgan fingerprint density at radius 1 is 1.44 bits per heavy atom. The number of benzene rings is 1. The Labute approximate surface area is 114 Å². The summed E-state index contributed by atoms with van der Waals surface area (Å²) >= 11 is 6.04. The molecule has 1 aromatic rings. The van der Waals surface area contributed by atoms with E-state index in [4.69, 9.17) is 21.6 Å². The van der Waals surface area contributed by atoms with Crippen molar-refractivity contribution < 1.29 is 4.74 Å². The number of nitrogens with zero attached hydrogens (tertiary/aromatic N) is 1. The third-order valence-electron chi connectivity index (χ3n) is 2.96. The fourth-order valence-corrected chi connectivity index (χ4v) is 1.77. The van der Waals surface area contributed by atoms with Gasteiger partial charge < -0.3 is 10.1 Å². The first-order valence-electron chi connectivity index (χ1n) is 5.97. The summed E-state index contributed by atoms with van der Waals surface area (Å²) in [5, 5.41) is 13.0. The fourth-order valence-electron chi connectivity index (χ4n) is 1.62. The van der Waals surface area contributed by atoms with Crippen molar-refractivity contribution in [3.05, 3.63) is 22.7 Å². The number of ether oxygens (including phenoxy) is 1. The molecule has 0 amide bonds. The maximum atomic E-state index is 9.06. The Hall–Kier alpha value is -1.40. The fraction of sp³-hybridized carbons (Fsp3) is 0.500. The minimum Gasteiger partial charge on any atom is -0.495 e. The normalized spacial score (nSPS) is 12.1. The molecule has 1 N–H and O–H groups in total. The molecule has 18 heavy (non-hydrogen) atoms.